The van der Waals surface area contributed by atoms with Crippen LogP contribution < -0.4 is 0 Å². The van der Waals surface area contributed by atoms with Crippen LogP contribution in [0.2, 0.25) is 5.02 Å². The molecule has 0 fully saturated rings. The largest absolute Gasteiger partial charge is 0.455 e. The van der Waals surface area contributed by atoms with Gasteiger partial charge in [0, 0.05) is 19.7 Å². The van der Waals surface area contributed by atoms with E-state index in [0.29, 0.717) is 22.0 Å². The zero-order chi connectivity index (χ0) is 13.4. The van der Waals surface area contributed by atoms with Crippen LogP contribution in [0.4, 0.5) is 0 Å². The Morgan fingerprint density at radius 2 is 2.06 bits per heavy atom. The fraction of sp³-hybridized carbons (Fsp3) is 0.308. The lowest BCUT2D eigenvalue weighted by atomic mass is 10.0. The molecule has 3 nitrogen and oxygen atoms in total. The van der Waals surface area contributed by atoms with Crippen LogP contribution in [0.1, 0.15) is 11.1 Å². The summed E-state index contributed by atoms with van der Waals surface area (Å²) in [5.74, 6) is 0.431. The lowest BCUT2D eigenvalue weighted by Gasteiger charge is -2.15. The average molecular weight is 331 g/mol. The molecule has 1 aromatic rings. The molecule has 0 aliphatic carbocycles. The Hall–Kier alpha value is -1.00. The summed E-state index contributed by atoms with van der Waals surface area (Å²) in [4.78, 5) is 13.9. The van der Waals surface area contributed by atoms with Crippen molar-refractivity contribution in [2.24, 2.45) is 0 Å². The predicted octanol–water partition coefficient (Wildman–Crippen LogP) is 3.20. The van der Waals surface area contributed by atoms with Crippen LogP contribution >= 0.6 is 27.5 Å². The van der Waals surface area contributed by atoms with E-state index in [1.807, 2.05) is 39.2 Å². The molecule has 1 unspecified atom stereocenters. The maximum absolute atomic E-state index is 12.2. The zero-order valence-corrected chi connectivity index (χ0v) is 12.7. The monoisotopic (exact) mass is 329 g/mol. The van der Waals surface area contributed by atoms with Crippen LogP contribution in [0.3, 0.4) is 0 Å². The number of hydrogen-bond donors (Lipinski definition) is 0. The van der Waals surface area contributed by atoms with Crippen molar-refractivity contribution in [1.82, 2.24) is 4.90 Å². The summed E-state index contributed by atoms with van der Waals surface area (Å²) >= 11 is 9.49. The third-order valence-electron chi connectivity index (χ3n) is 2.75. The van der Waals surface area contributed by atoms with Crippen LogP contribution in [0.25, 0.3) is 5.57 Å². The second-order valence-corrected chi connectivity index (χ2v) is 5.52. The molecule has 1 aliphatic rings. The maximum atomic E-state index is 12.2. The van der Waals surface area contributed by atoms with Crippen LogP contribution in [0.5, 0.6) is 0 Å². The van der Waals surface area contributed by atoms with E-state index in [4.69, 9.17) is 16.3 Å². The van der Waals surface area contributed by atoms with E-state index < -0.39 is 5.01 Å². The van der Waals surface area contributed by atoms with Gasteiger partial charge in [0.25, 0.3) is 0 Å². The molecule has 0 amide bonds. The molecule has 0 N–H and O–H groups in total. The molecule has 0 aromatic heterocycles. The molecule has 2 rings (SSSR count). The molecule has 0 saturated heterocycles. The van der Waals surface area contributed by atoms with Gasteiger partial charge < -0.3 is 9.64 Å². The Kier molecular flexibility index (Phi) is 3.69. The molecule has 18 heavy (non-hydrogen) atoms. The van der Waals surface area contributed by atoms with E-state index in [9.17, 15) is 4.79 Å². The van der Waals surface area contributed by atoms with Gasteiger partial charge in [0.1, 0.15) is 0 Å². The molecule has 1 aromatic carbocycles. The standard InChI is InChI=1S/C13H13BrClNO2/c1-7-5-4-6-8(10(7)15)9-11(17)12(14)18-13(9)16(2)3/h4-6,12H,1-3H3. The first-order valence-electron chi connectivity index (χ1n) is 5.45. The van der Waals surface area contributed by atoms with Crippen molar-refractivity contribution >= 4 is 38.9 Å². The van der Waals surface area contributed by atoms with Crippen molar-refractivity contribution in [3.8, 4) is 0 Å². The molecule has 0 bridgehead atoms. The molecule has 96 valence electrons. The number of carbonyl (C=O) groups is 1. The van der Waals surface area contributed by atoms with Crippen LogP contribution in [0, 0.1) is 6.92 Å². The van der Waals surface area contributed by atoms with Gasteiger partial charge in [0.2, 0.25) is 16.7 Å². The first-order chi connectivity index (χ1) is 8.43. The summed E-state index contributed by atoms with van der Waals surface area (Å²) in [6.07, 6.45) is 0. The van der Waals surface area contributed by atoms with Gasteiger partial charge in [0.05, 0.1) is 10.6 Å². The van der Waals surface area contributed by atoms with Crippen molar-refractivity contribution in [3.05, 3.63) is 40.2 Å². The van der Waals surface area contributed by atoms with Crippen molar-refractivity contribution in [3.63, 3.8) is 0 Å². The number of carbonyl (C=O) groups excluding carboxylic acids is 1. The summed E-state index contributed by atoms with van der Waals surface area (Å²) < 4.78 is 5.51. The molecule has 1 aliphatic heterocycles. The highest BCUT2D eigenvalue weighted by atomic mass is 79.9. The number of ether oxygens (including phenoxy) is 1. The normalized spacial score (nSPS) is 19.2. The topological polar surface area (TPSA) is 29.5 Å². The van der Waals surface area contributed by atoms with Crippen molar-refractivity contribution in [2.45, 2.75) is 11.9 Å². The van der Waals surface area contributed by atoms with Crippen LogP contribution in [-0.2, 0) is 9.53 Å². The van der Waals surface area contributed by atoms with Crippen LogP contribution in [0.15, 0.2) is 24.1 Å². The van der Waals surface area contributed by atoms with Crippen molar-refractivity contribution in [2.75, 3.05) is 14.1 Å². The molecule has 0 saturated carbocycles. The number of hydrogen-bond acceptors (Lipinski definition) is 3. The predicted molar refractivity (Wildman–Crippen MR) is 75.6 cm³/mol. The number of halogens is 2. The third kappa shape index (κ3) is 2.15. The summed E-state index contributed by atoms with van der Waals surface area (Å²) in [5, 5.41) is -0.0492. The van der Waals surface area contributed by atoms with Gasteiger partial charge in [-0.1, -0.05) is 29.8 Å². The fourth-order valence-electron chi connectivity index (χ4n) is 1.85. The third-order valence-corrected chi connectivity index (χ3v) is 3.85. The summed E-state index contributed by atoms with van der Waals surface area (Å²) in [6.45, 7) is 1.91. The second kappa shape index (κ2) is 4.94. The smallest absolute Gasteiger partial charge is 0.220 e. The maximum Gasteiger partial charge on any atom is 0.220 e. The van der Waals surface area contributed by atoms with Gasteiger partial charge in [-0.2, -0.15) is 0 Å². The SMILES string of the molecule is Cc1cccc(C2=C(N(C)C)OC(Br)C2=O)c1Cl. The zero-order valence-electron chi connectivity index (χ0n) is 10.3. The number of ketones is 1. The van der Waals surface area contributed by atoms with E-state index in [1.165, 1.54) is 0 Å². The highest BCUT2D eigenvalue weighted by Crippen LogP contribution is 2.37. The molecular formula is C13H13BrClNO2. The van der Waals surface area contributed by atoms with Gasteiger partial charge in [-0.15, -0.1) is 0 Å². The Morgan fingerprint density at radius 1 is 1.39 bits per heavy atom. The Labute approximate surface area is 119 Å². The van der Waals surface area contributed by atoms with Crippen molar-refractivity contribution < 1.29 is 9.53 Å². The first-order valence-corrected chi connectivity index (χ1v) is 6.75. The minimum Gasteiger partial charge on any atom is -0.455 e. The molecule has 0 radical (unpaired) electrons. The Balaban J connectivity index is 2.63. The number of aryl methyl sites for hydroxylation is 1. The van der Waals surface area contributed by atoms with E-state index >= 15 is 0 Å². The number of benzene rings is 1. The molecule has 1 heterocycles. The van der Waals surface area contributed by atoms with Gasteiger partial charge in [-0.25, -0.2) is 0 Å². The van der Waals surface area contributed by atoms with Gasteiger partial charge in [0.15, 0.2) is 0 Å². The van der Waals surface area contributed by atoms with Gasteiger partial charge >= 0.3 is 0 Å². The van der Waals surface area contributed by atoms with Gasteiger partial charge in [-0.05, 0) is 28.4 Å². The van der Waals surface area contributed by atoms with Crippen LogP contribution in [-0.4, -0.2) is 29.8 Å². The molecule has 1 atom stereocenters. The van der Waals surface area contributed by atoms with E-state index in [-0.39, 0.29) is 5.78 Å². The number of alkyl halides is 1. The number of Topliss-reactive ketones (excluding diaryl/α,β-unsaturated/α-hetero) is 1. The number of nitrogens with zero attached hydrogens (tertiary/aromatic N) is 1. The summed E-state index contributed by atoms with van der Waals surface area (Å²) in [6, 6.07) is 5.62. The summed E-state index contributed by atoms with van der Waals surface area (Å²) in [7, 11) is 3.66. The lowest BCUT2D eigenvalue weighted by Crippen LogP contribution is -2.13. The van der Waals surface area contributed by atoms with Gasteiger partial charge in [-0.3, -0.25) is 4.79 Å². The van der Waals surface area contributed by atoms with E-state index in [1.54, 1.807) is 4.90 Å². The Morgan fingerprint density at radius 3 is 2.67 bits per heavy atom. The van der Waals surface area contributed by atoms with E-state index in [2.05, 4.69) is 15.9 Å². The lowest BCUT2D eigenvalue weighted by molar-refractivity contribution is -0.116. The summed E-state index contributed by atoms with van der Waals surface area (Å²) in [5.41, 5.74) is 2.17. The molecule has 5 heteroatoms. The molecule has 0 spiro atoms. The number of rotatable bonds is 2. The average Bonchev–Trinajstić information content (AvgIpc) is 2.60. The highest BCUT2D eigenvalue weighted by Gasteiger charge is 2.36. The van der Waals surface area contributed by atoms with Crippen molar-refractivity contribution in [1.29, 1.82) is 0 Å². The first kappa shape index (κ1) is 13.4. The second-order valence-electron chi connectivity index (χ2n) is 4.31. The fourth-order valence-corrected chi connectivity index (χ4v) is 2.47. The minimum absolute atomic E-state index is 0.105. The quantitative estimate of drug-likeness (QED) is 0.780. The Bertz CT molecular complexity index is 540. The van der Waals surface area contributed by atoms with E-state index in [0.717, 1.165) is 5.56 Å². The molecular weight excluding hydrogens is 318 g/mol. The highest BCUT2D eigenvalue weighted by molar-refractivity contribution is 9.09. The minimum atomic E-state index is -0.638.